The zero-order valence-electron chi connectivity index (χ0n) is 17.5. The maximum Gasteiger partial charge on any atom is 0.194 e. The first-order valence-corrected chi connectivity index (χ1v) is 9.86. The maximum atomic E-state index is 5.77. The Bertz CT molecular complexity index is 848. The number of ether oxygens (including phenoxy) is 1. The van der Waals surface area contributed by atoms with Crippen LogP contribution in [-0.2, 0) is 26.6 Å². The molecule has 2 aromatic rings. The van der Waals surface area contributed by atoms with Crippen molar-refractivity contribution in [2.45, 2.75) is 39.8 Å². The number of hydrogen-bond donors (Lipinski definition) is 1. The molecule has 1 aliphatic rings. The molecule has 7 nitrogen and oxygen atoms in total. The van der Waals surface area contributed by atoms with Crippen molar-refractivity contribution in [2.24, 2.45) is 12.0 Å². The monoisotopic (exact) mass is 510 g/mol. The fourth-order valence-electron chi connectivity index (χ4n) is 3.19. The van der Waals surface area contributed by atoms with Crippen LogP contribution >= 0.6 is 24.0 Å². The fourth-order valence-corrected chi connectivity index (χ4v) is 3.19. The molecule has 0 atom stereocenters. The average Bonchev–Trinajstić information content (AvgIpc) is 3.04. The number of nitrogens with zero attached hydrogens (tertiary/aromatic N) is 5. The first kappa shape index (κ1) is 23.2. The minimum atomic E-state index is 0. The highest BCUT2D eigenvalue weighted by atomic mass is 127. The van der Waals surface area contributed by atoms with E-state index in [1.165, 1.54) is 11.1 Å². The normalized spacial score (nSPS) is 13.5. The van der Waals surface area contributed by atoms with Gasteiger partial charge in [-0.1, -0.05) is 19.1 Å². The van der Waals surface area contributed by atoms with Crippen LogP contribution in [0.25, 0.3) is 0 Å². The summed E-state index contributed by atoms with van der Waals surface area (Å²) in [6.45, 7) is 11.5. The third-order valence-corrected chi connectivity index (χ3v) is 4.92. The fraction of sp³-hybridized carbons (Fsp3) is 0.476. The summed E-state index contributed by atoms with van der Waals surface area (Å²) in [5.74, 6) is 3.58. The molecule has 2 heterocycles. The second-order valence-corrected chi connectivity index (χ2v) is 6.98. The number of hydrogen-bond acceptors (Lipinski definition) is 4. The van der Waals surface area contributed by atoms with Gasteiger partial charge in [-0.25, -0.2) is 4.99 Å². The summed E-state index contributed by atoms with van der Waals surface area (Å²) in [7, 11) is 1.96. The molecular formula is C21H31IN6O. The van der Waals surface area contributed by atoms with Crippen molar-refractivity contribution in [1.29, 1.82) is 0 Å². The largest absolute Gasteiger partial charge is 0.494 e. The Hall–Kier alpha value is -2.10. The summed E-state index contributed by atoms with van der Waals surface area (Å²) in [6.07, 6.45) is 3.83. The zero-order valence-corrected chi connectivity index (χ0v) is 19.8. The Morgan fingerprint density at radius 2 is 2.17 bits per heavy atom. The zero-order chi connectivity index (χ0) is 19.9. The van der Waals surface area contributed by atoms with Crippen molar-refractivity contribution in [3.63, 3.8) is 0 Å². The van der Waals surface area contributed by atoms with Gasteiger partial charge in [0.2, 0.25) is 0 Å². The predicted molar refractivity (Wildman–Crippen MR) is 127 cm³/mol. The van der Waals surface area contributed by atoms with Crippen LogP contribution in [0, 0.1) is 6.92 Å². The lowest BCUT2D eigenvalue weighted by atomic mass is 9.99. The van der Waals surface area contributed by atoms with Gasteiger partial charge in [-0.15, -0.1) is 40.8 Å². The molecular weight excluding hydrogens is 479 g/mol. The van der Waals surface area contributed by atoms with E-state index in [2.05, 4.69) is 52.1 Å². The van der Waals surface area contributed by atoms with Crippen LogP contribution in [0.1, 0.15) is 36.1 Å². The summed E-state index contributed by atoms with van der Waals surface area (Å²) in [4.78, 5) is 7.08. The van der Waals surface area contributed by atoms with Crippen molar-refractivity contribution in [1.82, 2.24) is 25.0 Å². The van der Waals surface area contributed by atoms with E-state index in [0.29, 0.717) is 13.1 Å². The highest BCUT2D eigenvalue weighted by Gasteiger charge is 2.20. The molecule has 1 aromatic carbocycles. The molecule has 0 saturated carbocycles. The number of aromatic nitrogens is 3. The van der Waals surface area contributed by atoms with Gasteiger partial charge in [0.05, 0.1) is 6.61 Å². The van der Waals surface area contributed by atoms with Gasteiger partial charge in [0.15, 0.2) is 11.8 Å². The van der Waals surface area contributed by atoms with Gasteiger partial charge in [0.25, 0.3) is 0 Å². The molecule has 158 valence electrons. The van der Waals surface area contributed by atoms with Gasteiger partial charge in [0, 0.05) is 26.7 Å². The van der Waals surface area contributed by atoms with Gasteiger partial charge in [-0.3, -0.25) is 0 Å². The van der Waals surface area contributed by atoms with Gasteiger partial charge < -0.3 is 19.5 Å². The molecule has 1 aromatic heterocycles. The van der Waals surface area contributed by atoms with Crippen LogP contribution in [0.15, 0.2) is 35.8 Å². The molecule has 0 saturated heterocycles. The van der Waals surface area contributed by atoms with E-state index in [4.69, 9.17) is 9.73 Å². The topological polar surface area (TPSA) is 67.6 Å². The van der Waals surface area contributed by atoms with E-state index >= 15 is 0 Å². The van der Waals surface area contributed by atoms with Crippen molar-refractivity contribution in [3.05, 3.63) is 53.6 Å². The van der Waals surface area contributed by atoms with Crippen LogP contribution < -0.4 is 10.1 Å². The van der Waals surface area contributed by atoms with Crippen molar-refractivity contribution < 1.29 is 4.74 Å². The molecule has 1 aliphatic heterocycles. The third kappa shape index (κ3) is 5.94. The Labute approximate surface area is 190 Å². The number of aliphatic imine (C=N–C) groups is 1. The van der Waals surface area contributed by atoms with Crippen molar-refractivity contribution >= 4 is 29.9 Å². The molecule has 29 heavy (non-hydrogen) atoms. The van der Waals surface area contributed by atoms with Gasteiger partial charge in [0.1, 0.15) is 18.1 Å². The Morgan fingerprint density at radius 1 is 1.34 bits per heavy atom. The number of halogens is 1. The van der Waals surface area contributed by atoms with E-state index in [-0.39, 0.29) is 24.0 Å². The van der Waals surface area contributed by atoms with Crippen LogP contribution in [-0.4, -0.2) is 45.3 Å². The molecule has 0 spiro atoms. The molecule has 0 radical (unpaired) electrons. The van der Waals surface area contributed by atoms with E-state index in [0.717, 1.165) is 55.9 Å². The number of fused-ring (bicyclic) bond motifs is 1. The maximum absolute atomic E-state index is 5.77. The SMILES string of the molecule is C=CCNC(=NCc1nnc(C)n1C)N1CCc2cc(OCCC)ccc2C1.I. The predicted octanol–water partition coefficient (Wildman–Crippen LogP) is 3.22. The van der Waals surface area contributed by atoms with Crippen molar-refractivity contribution in [3.8, 4) is 5.75 Å². The first-order chi connectivity index (χ1) is 13.6. The Kier molecular flexibility index (Phi) is 8.94. The van der Waals surface area contributed by atoms with Crippen LogP contribution in [0.5, 0.6) is 5.75 Å². The summed E-state index contributed by atoms with van der Waals surface area (Å²) in [6, 6.07) is 6.41. The number of aryl methyl sites for hydroxylation is 1. The first-order valence-electron chi connectivity index (χ1n) is 9.86. The molecule has 0 amide bonds. The van der Waals surface area contributed by atoms with Crippen LogP contribution in [0.3, 0.4) is 0 Å². The lowest BCUT2D eigenvalue weighted by molar-refractivity contribution is 0.315. The number of nitrogens with one attached hydrogen (secondary N) is 1. The van der Waals surface area contributed by atoms with Crippen molar-refractivity contribution in [2.75, 3.05) is 19.7 Å². The minimum absolute atomic E-state index is 0. The Morgan fingerprint density at radius 3 is 2.86 bits per heavy atom. The highest BCUT2D eigenvalue weighted by molar-refractivity contribution is 14.0. The Balaban J connectivity index is 0.00000300. The van der Waals surface area contributed by atoms with E-state index in [1.807, 2.05) is 24.6 Å². The number of rotatable bonds is 7. The molecule has 1 N–H and O–H groups in total. The molecule has 0 bridgehead atoms. The second-order valence-electron chi connectivity index (χ2n) is 6.98. The van der Waals surface area contributed by atoms with Crippen LogP contribution in [0.4, 0.5) is 0 Å². The number of benzene rings is 1. The minimum Gasteiger partial charge on any atom is -0.494 e. The summed E-state index contributed by atoms with van der Waals surface area (Å²) < 4.78 is 7.74. The standard InChI is InChI=1S/C21H30N6O.HI/c1-5-10-22-21(23-14-20-25-24-16(3)26(20)4)27-11-9-17-13-19(28-12-6-2)8-7-18(17)15-27;/h5,7-8,13H,1,6,9-12,14-15H2,2-4H3,(H,22,23);1H. The van der Waals surface area contributed by atoms with E-state index < -0.39 is 0 Å². The lowest BCUT2D eigenvalue weighted by Gasteiger charge is -2.32. The second kappa shape index (κ2) is 11.2. The molecule has 0 aliphatic carbocycles. The summed E-state index contributed by atoms with van der Waals surface area (Å²) >= 11 is 0. The van der Waals surface area contributed by atoms with Gasteiger partial charge >= 0.3 is 0 Å². The van der Waals surface area contributed by atoms with E-state index in [9.17, 15) is 0 Å². The number of guanidine groups is 1. The van der Waals surface area contributed by atoms with Gasteiger partial charge in [-0.05, 0) is 43.0 Å². The molecule has 8 heteroatoms. The third-order valence-electron chi connectivity index (χ3n) is 4.92. The average molecular weight is 510 g/mol. The summed E-state index contributed by atoms with van der Waals surface area (Å²) in [5.41, 5.74) is 2.68. The quantitative estimate of drug-likeness (QED) is 0.268. The molecule has 3 rings (SSSR count). The van der Waals surface area contributed by atoms with Crippen LogP contribution in [0.2, 0.25) is 0 Å². The molecule has 0 unspecified atom stereocenters. The van der Waals surface area contributed by atoms with Gasteiger partial charge in [-0.2, -0.15) is 0 Å². The lowest BCUT2D eigenvalue weighted by Crippen LogP contribution is -2.44. The summed E-state index contributed by atoms with van der Waals surface area (Å²) in [5, 5.41) is 11.7. The van der Waals surface area contributed by atoms with E-state index in [1.54, 1.807) is 0 Å². The molecule has 0 fully saturated rings. The highest BCUT2D eigenvalue weighted by Crippen LogP contribution is 2.24. The smallest absolute Gasteiger partial charge is 0.194 e.